The Morgan fingerprint density at radius 3 is 2.43 bits per heavy atom. The Hall–Kier alpha value is -1.11. The molecule has 2 N–H and O–H groups in total. The van der Waals surface area contributed by atoms with E-state index in [2.05, 4.69) is 58.1 Å². The number of rotatable bonds is 2. The first-order valence-corrected chi connectivity index (χ1v) is 8.46. The lowest BCUT2D eigenvalue weighted by atomic mass is 10.1. The van der Waals surface area contributed by atoms with Gasteiger partial charge in [0.25, 0.3) is 5.91 Å². The molecule has 0 atom stereocenters. The standard InChI is InChI=1S/C15H9Br3N2O/c16-8-5-11(17)14(12(18)6-8)20-15(21)10-7-19-13-4-2-1-3-9(10)13/h1-7,19H,(H,20,21). The summed E-state index contributed by atoms with van der Waals surface area (Å²) in [6.45, 7) is 0. The Kier molecular flexibility index (Phi) is 4.19. The number of aromatic nitrogens is 1. The molecule has 21 heavy (non-hydrogen) atoms. The first-order valence-electron chi connectivity index (χ1n) is 6.08. The zero-order chi connectivity index (χ0) is 15.0. The highest BCUT2D eigenvalue weighted by molar-refractivity contribution is 9.11. The Bertz CT molecular complexity index is 819. The molecule has 1 aromatic heterocycles. The lowest BCUT2D eigenvalue weighted by Crippen LogP contribution is -2.12. The number of para-hydroxylation sites is 1. The fourth-order valence-corrected chi connectivity index (χ4v) is 4.56. The van der Waals surface area contributed by atoms with E-state index in [1.807, 2.05) is 36.4 Å². The van der Waals surface area contributed by atoms with E-state index < -0.39 is 0 Å². The molecule has 3 nitrogen and oxygen atoms in total. The van der Waals surface area contributed by atoms with Crippen LogP contribution in [-0.2, 0) is 0 Å². The van der Waals surface area contributed by atoms with Crippen LogP contribution < -0.4 is 5.32 Å². The SMILES string of the molecule is O=C(Nc1c(Br)cc(Br)cc1Br)c1c[nH]c2ccccc12. The number of carbonyl (C=O) groups excluding carboxylic acids is 1. The minimum absolute atomic E-state index is 0.156. The lowest BCUT2D eigenvalue weighted by Gasteiger charge is -2.10. The molecule has 0 aliphatic heterocycles. The maximum absolute atomic E-state index is 12.5. The largest absolute Gasteiger partial charge is 0.360 e. The Labute approximate surface area is 146 Å². The molecular formula is C15H9Br3N2O. The van der Waals surface area contributed by atoms with Crippen molar-refractivity contribution >= 4 is 70.3 Å². The molecule has 1 heterocycles. The number of benzene rings is 2. The van der Waals surface area contributed by atoms with Crippen molar-refractivity contribution in [3.05, 3.63) is 61.6 Å². The third-order valence-corrected chi connectivity index (χ3v) is 4.79. The summed E-state index contributed by atoms with van der Waals surface area (Å²) in [6.07, 6.45) is 1.72. The van der Waals surface area contributed by atoms with Gasteiger partial charge in [0.2, 0.25) is 0 Å². The third kappa shape index (κ3) is 2.93. The van der Waals surface area contributed by atoms with Crippen LogP contribution in [0.2, 0.25) is 0 Å². The molecule has 0 unspecified atom stereocenters. The van der Waals surface area contributed by atoms with E-state index in [9.17, 15) is 4.79 Å². The van der Waals surface area contributed by atoms with E-state index in [1.165, 1.54) is 0 Å². The Morgan fingerprint density at radius 1 is 1.05 bits per heavy atom. The van der Waals surface area contributed by atoms with E-state index in [-0.39, 0.29) is 5.91 Å². The molecule has 0 radical (unpaired) electrons. The van der Waals surface area contributed by atoms with Gasteiger partial charge in [0, 0.05) is 30.5 Å². The zero-order valence-electron chi connectivity index (χ0n) is 10.6. The van der Waals surface area contributed by atoms with E-state index in [1.54, 1.807) is 6.20 Å². The van der Waals surface area contributed by atoms with E-state index in [0.29, 0.717) is 11.3 Å². The number of anilines is 1. The Morgan fingerprint density at radius 2 is 1.71 bits per heavy atom. The summed E-state index contributed by atoms with van der Waals surface area (Å²) in [4.78, 5) is 15.6. The monoisotopic (exact) mass is 470 g/mol. The van der Waals surface area contributed by atoms with Crippen LogP contribution in [0.5, 0.6) is 0 Å². The number of aromatic amines is 1. The number of carbonyl (C=O) groups is 1. The zero-order valence-corrected chi connectivity index (χ0v) is 15.3. The van der Waals surface area contributed by atoms with Crippen LogP contribution in [0, 0.1) is 0 Å². The van der Waals surface area contributed by atoms with Crippen molar-refractivity contribution in [1.29, 1.82) is 0 Å². The van der Waals surface area contributed by atoms with Crippen molar-refractivity contribution in [2.24, 2.45) is 0 Å². The van der Waals surface area contributed by atoms with Gasteiger partial charge in [-0.05, 0) is 50.1 Å². The summed E-state index contributed by atoms with van der Waals surface area (Å²) in [5.74, 6) is -0.156. The second-order valence-electron chi connectivity index (χ2n) is 4.45. The smallest absolute Gasteiger partial charge is 0.257 e. The molecule has 106 valence electrons. The first kappa shape index (κ1) is 14.8. The van der Waals surface area contributed by atoms with Crippen molar-refractivity contribution < 1.29 is 4.79 Å². The van der Waals surface area contributed by atoms with Gasteiger partial charge in [-0.1, -0.05) is 34.1 Å². The minimum atomic E-state index is -0.156. The fourth-order valence-electron chi connectivity index (χ4n) is 2.10. The topological polar surface area (TPSA) is 44.9 Å². The predicted molar refractivity (Wildman–Crippen MR) is 95.8 cm³/mol. The maximum Gasteiger partial charge on any atom is 0.257 e. The molecule has 2 aromatic carbocycles. The highest BCUT2D eigenvalue weighted by atomic mass is 79.9. The predicted octanol–water partition coefficient (Wildman–Crippen LogP) is 5.71. The maximum atomic E-state index is 12.5. The molecule has 6 heteroatoms. The first-order chi connectivity index (χ1) is 10.1. The number of H-pyrrole nitrogens is 1. The summed E-state index contributed by atoms with van der Waals surface area (Å²) in [5, 5.41) is 3.83. The molecule has 0 saturated heterocycles. The second kappa shape index (κ2) is 5.94. The summed E-state index contributed by atoms with van der Waals surface area (Å²) in [5.41, 5.74) is 2.26. The van der Waals surface area contributed by atoms with E-state index >= 15 is 0 Å². The molecule has 0 bridgehead atoms. The van der Waals surface area contributed by atoms with Gasteiger partial charge in [-0.25, -0.2) is 0 Å². The molecule has 0 aliphatic carbocycles. The summed E-state index contributed by atoms with van der Waals surface area (Å²) in [7, 11) is 0. The highest BCUT2D eigenvalue weighted by Gasteiger charge is 2.15. The van der Waals surface area contributed by atoms with Crippen LogP contribution in [0.15, 0.2) is 56.0 Å². The number of halogens is 3. The summed E-state index contributed by atoms with van der Waals surface area (Å²) < 4.78 is 2.53. The Balaban J connectivity index is 1.97. The fraction of sp³-hybridized carbons (Fsp3) is 0. The molecular weight excluding hydrogens is 464 g/mol. The lowest BCUT2D eigenvalue weighted by molar-refractivity contribution is 0.102. The van der Waals surface area contributed by atoms with Crippen LogP contribution in [-0.4, -0.2) is 10.9 Å². The van der Waals surface area contributed by atoms with Crippen LogP contribution in [0.3, 0.4) is 0 Å². The molecule has 1 amide bonds. The molecule has 3 aromatic rings. The van der Waals surface area contributed by atoms with Crippen LogP contribution >= 0.6 is 47.8 Å². The third-order valence-electron chi connectivity index (χ3n) is 3.08. The van der Waals surface area contributed by atoms with Crippen molar-refractivity contribution in [3.63, 3.8) is 0 Å². The van der Waals surface area contributed by atoms with Crippen molar-refractivity contribution in [2.45, 2.75) is 0 Å². The molecule has 0 saturated carbocycles. The average molecular weight is 473 g/mol. The van der Waals surface area contributed by atoms with Gasteiger partial charge in [-0.15, -0.1) is 0 Å². The average Bonchev–Trinajstić information content (AvgIpc) is 2.86. The molecule has 0 aliphatic rings. The van der Waals surface area contributed by atoms with Gasteiger partial charge in [-0.2, -0.15) is 0 Å². The van der Waals surface area contributed by atoms with Crippen molar-refractivity contribution in [2.75, 3.05) is 5.32 Å². The molecule has 0 fully saturated rings. The van der Waals surface area contributed by atoms with Crippen molar-refractivity contribution in [1.82, 2.24) is 4.98 Å². The van der Waals surface area contributed by atoms with E-state index in [0.717, 1.165) is 24.3 Å². The van der Waals surface area contributed by atoms with E-state index in [4.69, 9.17) is 0 Å². The van der Waals surface area contributed by atoms with Gasteiger partial charge in [0.05, 0.1) is 11.3 Å². The number of nitrogens with one attached hydrogen (secondary N) is 2. The minimum Gasteiger partial charge on any atom is -0.360 e. The van der Waals surface area contributed by atoms with Gasteiger partial charge in [0.15, 0.2) is 0 Å². The van der Waals surface area contributed by atoms with Crippen LogP contribution in [0.4, 0.5) is 5.69 Å². The van der Waals surface area contributed by atoms with Crippen LogP contribution in [0.1, 0.15) is 10.4 Å². The quantitative estimate of drug-likeness (QED) is 0.493. The molecule has 3 rings (SSSR count). The normalized spacial score (nSPS) is 10.8. The number of amides is 1. The molecule has 0 spiro atoms. The van der Waals surface area contributed by atoms with Crippen LogP contribution in [0.25, 0.3) is 10.9 Å². The number of hydrogen-bond donors (Lipinski definition) is 2. The summed E-state index contributed by atoms with van der Waals surface area (Å²) >= 11 is 10.3. The summed E-state index contributed by atoms with van der Waals surface area (Å²) in [6, 6.07) is 11.5. The highest BCUT2D eigenvalue weighted by Crippen LogP contribution is 2.35. The van der Waals surface area contributed by atoms with Gasteiger partial charge < -0.3 is 10.3 Å². The number of hydrogen-bond acceptors (Lipinski definition) is 1. The van der Waals surface area contributed by atoms with Gasteiger partial charge >= 0.3 is 0 Å². The second-order valence-corrected chi connectivity index (χ2v) is 7.07. The van der Waals surface area contributed by atoms with Gasteiger partial charge in [0.1, 0.15) is 0 Å². The van der Waals surface area contributed by atoms with Crippen molar-refractivity contribution in [3.8, 4) is 0 Å². The number of fused-ring (bicyclic) bond motifs is 1. The van der Waals surface area contributed by atoms with Gasteiger partial charge in [-0.3, -0.25) is 4.79 Å².